The summed E-state index contributed by atoms with van der Waals surface area (Å²) in [6.45, 7) is 5.25. The van der Waals surface area contributed by atoms with E-state index in [1.54, 1.807) is 43.7 Å². The molecule has 4 aliphatic heterocycles. The average Bonchev–Trinajstić information content (AvgIpc) is 1.49. The zero-order valence-electron chi connectivity index (χ0n) is 63.4. The van der Waals surface area contributed by atoms with Crippen molar-refractivity contribution in [3.05, 3.63) is 47.6 Å². The highest BCUT2D eigenvalue weighted by Gasteiger charge is 2.49. The Bertz CT molecular complexity index is 3330. The molecule has 4 saturated heterocycles. The van der Waals surface area contributed by atoms with E-state index in [0.717, 1.165) is 0 Å². The van der Waals surface area contributed by atoms with Crippen LogP contribution in [0.15, 0.2) is 24.8 Å². The first-order valence-electron chi connectivity index (χ1n) is 37.2. The molecule has 0 spiro atoms. The highest BCUT2D eigenvalue weighted by atomic mass is 16.7. The van der Waals surface area contributed by atoms with Crippen molar-refractivity contribution in [3.63, 3.8) is 0 Å². The molecule has 113 heavy (non-hydrogen) atoms. The van der Waals surface area contributed by atoms with E-state index in [9.17, 15) is 90.4 Å². The number of unbranched alkanes of at least 4 members (excludes halogenated alkanes) is 1. The summed E-state index contributed by atoms with van der Waals surface area (Å²) in [7, 11) is 0. The lowest BCUT2D eigenvalue weighted by Gasteiger charge is -2.42. The summed E-state index contributed by atoms with van der Waals surface area (Å²) in [6.07, 6.45) is -13.3. The molecule has 4 amide bonds. The molecular weight excluding hydrogens is 1510 g/mol. The fourth-order valence-electron chi connectivity index (χ4n) is 13.0. The van der Waals surface area contributed by atoms with Crippen LogP contribution in [0, 0.1) is 0 Å². The quantitative estimate of drug-likeness (QED) is 0.0183. The SMILES string of the molecule is CC(=O)NC1C(OCCOCCn2cc(CN(CCCCC(C(=O)O)N(Cc3cn(CCOCCOC4OC(CO)C(O)C(O)C4NC(C)=O)nn3)Cc3cn(CCOCCOC4OC(CO)C(O)C(O)C4NC(C)=O)[nH]3)Cc3cn(CCOCCOC4OC(CO)C(O)C(O)C4NC(C)=O)nn3)nn2)OC(CO)C(O)C1O. The molecule has 8 rings (SSSR count). The van der Waals surface area contributed by atoms with Gasteiger partial charge in [-0.15, -0.1) is 15.3 Å². The number of rotatable bonds is 51. The number of carboxylic acid groups (broad SMARTS) is 1. The van der Waals surface area contributed by atoms with Gasteiger partial charge >= 0.3 is 5.97 Å². The lowest BCUT2D eigenvalue weighted by molar-refractivity contribution is -0.272. The predicted octanol–water partition coefficient (Wildman–Crippen LogP) is -10.2. The largest absolute Gasteiger partial charge is 0.480 e. The highest BCUT2D eigenvalue weighted by molar-refractivity contribution is 5.75. The van der Waals surface area contributed by atoms with E-state index in [1.807, 2.05) is 0 Å². The summed E-state index contributed by atoms with van der Waals surface area (Å²) >= 11 is 0. The third-order valence-electron chi connectivity index (χ3n) is 18.7. The minimum Gasteiger partial charge on any atom is -0.480 e. The van der Waals surface area contributed by atoms with Crippen molar-refractivity contribution in [1.29, 1.82) is 0 Å². The van der Waals surface area contributed by atoms with Crippen LogP contribution in [0.3, 0.4) is 0 Å². The number of H-pyrrole nitrogens is 1. The maximum atomic E-state index is 13.5. The second-order valence-electron chi connectivity index (χ2n) is 27.5. The molecule has 18 N–H and O–H groups in total. The summed E-state index contributed by atoms with van der Waals surface area (Å²) in [5.41, 5.74) is 2.24. The third-order valence-corrected chi connectivity index (χ3v) is 18.7. The number of amides is 4. The standard InChI is InChI=1S/C66H111N17O30/c1-37(88)67-50-58(96)54(92)46(33-84)110-63(50)106-21-17-102-13-9-80-32-44(74-80)28-79(27-43-31-83(77-73-43)12-16-105-20-24-109-66-53(70-40(4)91)61(99)57(95)49(36-87)113-66)45(62(100)101)7-5-6-8-78(25-41-29-81(75-71-41)10-14-103-18-22-107-64-51(68-38(2)89)59(97)55(93)47(34-85)111-64)26-42-30-82(76-72-42)11-15-104-19-23-108-65-52(69-39(3)90)60(98)56(94)48(35-86)112-65/h29-32,45-61,63-66,74,84-87,92-99H,5-28,33-36H2,1-4H3,(H,67,88)(H,68,89)(H,69,90)(H,70,91)(H,100,101). The van der Waals surface area contributed by atoms with Gasteiger partial charge in [-0.2, -0.15) is 0 Å². The van der Waals surface area contributed by atoms with Crippen LogP contribution in [0.25, 0.3) is 0 Å². The molecule has 21 unspecified atom stereocenters. The minimum atomic E-state index is -1.49. The molecule has 640 valence electrons. The molecular formula is C66H111N17O30. The molecule has 0 saturated carbocycles. The van der Waals surface area contributed by atoms with E-state index in [1.165, 1.54) is 32.4 Å². The lowest BCUT2D eigenvalue weighted by Crippen LogP contribution is -2.64. The normalized spacial score (nSPS) is 28.4. The Hall–Kier alpha value is -6.93. The Morgan fingerprint density at radius 2 is 0.743 bits per heavy atom. The molecule has 4 aliphatic rings. The first-order chi connectivity index (χ1) is 54.3. The number of aliphatic carboxylic acids is 1. The summed E-state index contributed by atoms with van der Waals surface area (Å²) in [5, 5.41) is 173. The molecule has 4 fully saturated rings. The van der Waals surface area contributed by atoms with E-state index in [0.29, 0.717) is 48.7 Å². The predicted molar refractivity (Wildman–Crippen MR) is 376 cm³/mol. The second kappa shape index (κ2) is 46.7. The number of carbonyl (C=O) groups is 5. The van der Waals surface area contributed by atoms with Crippen LogP contribution < -0.4 is 21.3 Å². The Morgan fingerprint density at radius 3 is 1.04 bits per heavy atom. The van der Waals surface area contributed by atoms with Gasteiger partial charge in [0.25, 0.3) is 0 Å². The van der Waals surface area contributed by atoms with Crippen LogP contribution in [0.1, 0.15) is 69.7 Å². The number of aromatic nitrogens is 11. The summed E-state index contributed by atoms with van der Waals surface area (Å²) in [5.74, 6) is -3.11. The van der Waals surface area contributed by atoms with Crippen LogP contribution in [0.4, 0.5) is 0 Å². The number of nitrogens with one attached hydrogen (secondary N) is 5. The molecule has 8 heterocycles. The number of aliphatic hydroxyl groups is 12. The Labute approximate surface area is 648 Å². The summed E-state index contributed by atoms with van der Waals surface area (Å²) < 4.78 is 75.1. The van der Waals surface area contributed by atoms with Crippen molar-refractivity contribution in [1.82, 2.24) is 85.8 Å². The minimum absolute atomic E-state index is 0.0257. The number of ether oxygens (including phenoxy) is 12. The molecule has 0 aliphatic carbocycles. The zero-order valence-corrected chi connectivity index (χ0v) is 63.4. The van der Waals surface area contributed by atoms with Gasteiger partial charge < -0.3 is 150 Å². The van der Waals surface area contributed by atoms with Gasteiger partial charge in [0.1, 0.15) is 103 Å². The lowest BCUT2D eigenvalue weighted by atomic mass is 9.97. The van der Waals surface area contributed by atoms with Crippen molar-refractivity contribution in [2.45, 2.75) is 228 Å². The number of aliphatic hydroxyl groups excluding tert-OH is 12. The number of carbonyl (C=O) groups excluding carboxylic acids is 4. The molecule has 47 nitrogen and oxygen atoms in total. The monoisotopic (exact) mass is 1620 g/mol. The van der Waals surface area contributed by atoms with Crippen molar-refractivity contribution in [2.24, 2.45) is 0 Å². The van der Waals surface area contributed by atoms with Crippen LogP contribution in [-0.2, 0) is 133 Å². The van der Waals surface area contributed by atoms with E-state index in [2.05, 4.69) is 62.2 Å². The number of nitrogens with zero attached hydrogens (tertiary/aromatic N) is 12. The third kappa shape index (κ3) is 28.2. The zero-order chi connectivity index (χ0) is 81.7. The van der Waals surface area contributed by atoms with Gasteiger partial charge in [0.05, 0.1) is 155 Å². The average molecular weight is 1620 g/mol. The van der Waals surface area contributed by atoms with Gasteiger partial charge in [0.15, 0.2) is 25.2 Å². The topological polar surface area (TPSA) is 627 Å². The smallest absolute Gasteiger partial charge is 0.320 e. The molecule has 21 atom stereocenters. The van der Waals surface area contributed by atoms with Gasteiger partial charge in [-0.25, -0.2) is 14.0 Å². The number of carboxylic acids is 1. The number of aromatic amines is 1. The van der Waals surface area contributed by atoms with E-state index in [4.69, 9.17) is 56.8 Å². The van der Waals surface area contributed by atoms with Gasteiger partial charge in [-0.1, -0.05) is 22.1 Å². The van der Waals surface area contributed by atoms with E-state index < -0.39 is 185 Å². The second-order valence-corrected chi connectivity index (χ2v) is 27.5. The summed E-state index contributed by atoms with van der Waals surface area (Å²) in [6, 6.07) is -5.57. The Balaban J connectivity index is 0.884. The van der Waals surface area contributed by atoms with Crippen molar-refractivity contribution in [2.75, 3.05) is 112 Å². The highest BCUT2D eigenvalue weighted by Crippen LogP contribution is 2.27. The molecule has 47 heteroatoms. The fourth-order valence-corrected chi connectivity index (χ4v) is 13.0. The van der Waals surface area contributed by atoms with Crippen LogP contribution in [0.5, 0.6) is 0 Å². The van der Waals surface area contributed by atoms with Crippen LogP contribution >= 0.6 is 0 Å². The maximum absolute atomic E-state index is 13.5. The molecule has 0 aromatic carbocycles. The van der Waals surface area contributed by atoms with Gasteiger partial charge in [0, 0.05) is 78.7 Å². The van der Waals surface area contributed by atoms with Gasteiger partial charge in [0.2, 0.25) is 23.6 Å². The van der Waals surface area contributed by atoms with Gasteiger partial charge in [-0.05, 0) is 19.4 Å². The summed E-state index contributed by atoms with van der Waals surface area (Å²) in [4.78, 5) is 64.8. The van der Waals surface area contributed by atoms with Crippen molar-refractivity contribution < 1.29 is 147 Å². The molecule has 0 bridgehead atoms. The van der Waals surface area contributed by atoms with Crippen LogP contribution in [-0.4, -0.2) is 401 Å². The molecule has 4 aromatic rings. The van der Waals surface area contributed by atoms with E-state index >= 15 is 0 Å². The number of hydrogen-bond acceptors (Lipinski definition) is 37. The maximum Gasteiger partial charge on any atom is 0.320 e. The molecule has 0 radical (unpaired) electrons. The molecule has 4 aromatic heterocycles. The van der Waals surface area contributed by atoms with Crippen molar-refractivity contribution >= 4 is 29.6 Å². The first kappa shape index (κ1) is 91.6. The van der Waals surface area contributed by atoms with Gasteiger partial charge in [-0.3, -0.25) is 38.5 Å². The Kier molecular flexibility index (Phi) is 37.9. The first-order valence-corrected chi connectivity index (χ1v) is 37.2. The van der Waals surface area contributed by atoms with Crippen LogP contribution in [0.2, 0.25) is 0 Å². The Morgan fingerprint density at radius 1 is 0.434 bits per heavy atom. The van der Waals surface area contributed by atoms with Crippen molar-refractivity contribution in [3.8, 4) is 0 Å². The fraction of sp³-hybridized carbons (Fsp3) is 0.803. The van der Waals surface area contributed by atoms with E-state index in [-0.39, 0.29) is 132 Å². The number of hydrogen-bond donors (Lipinski definition) is 18.